The second-order valence-electron chi connectivity index (χ2n) is 5.84. The number of nitrogens with one attached hydrogen (secondary N) is 1. The van der Waals surface area contributed by atoms with Crippen molar-refractivity contribution in [1.82, 2.24) is 9.55 Å². The fraction of sp³-hybridized carbons (Fsp3) is 0.167. The SMILES string of the molecule is O=C(OCC1N=CC=N1)c1cc2c(=O)n(Cc3ccccc3)c(=O)[nH]c2s1. The molecule has 3 aromatic rings. The van der Waals surface area contributed by atoms with Gasteiger partial charge in [-0.2, -0.15) is 0 Å². The predicted octanol–water partition coefficient (Wildman–Crippen LogP) is 1.44. The molecule has 0 amide bonds. The molecule has 136 valence electrons. The number of H-pyrrole nitrogens is 1. The van der Waals surface area contributed by atoms with Crippen molar-refractivity contribution in [3.63, 3.8) is 0 Å². The van der Waals surface area contributed by atoms with E-state index in [1.54, 1.807) is 0 Å². The molecule has 2 aromatic heterocycles. The first kappa shape index (κ1) is 17.1. The van der Waals surface area contributed by atoms with Gasteiger partial charge in [0.2, 0.25) is 0 Å². The second kappa shape index (κ2) is 7.12. The van der Waals surface area contributed by atoms with Crippen LogP contribution in [-0.4, -0.2) is 40.7 Å². The fourth-order valence-electron chi connectivity index (χ4n) is 2.68. The number of ether oxygens (including phenoxy) is 1. The van der Waals surface area contributed by atoms with Crippen LogP contribution in [0.25, 0.3) is 10.2 Å². The Labute approximate surface area is 156 Å². The summed E-state index contributed by atoms with van der Waals surface area (Å²) in [7, 11) is 0. The maximum Gasteiger partial charge on any atom is 0.348 e. The molecule has 0 aliphatic carbocycles. The van der Waals surface area contributed by atoms with Crippen LogP contribution in [0.2, 0.25) is 0 Å². The molecule has 8 nitrogen and oxygen atoms in total. The number of fused-ring (bicyclic) bond motifs is 1. The summed E-state index contributed by atoms with van der Waals surface area (Å²) in [6, 6.07) is 10.7. The van der Waals surface area contributed by atoms with Crippen LogP contribution in [0.15, 0.2) is 56.0 Å². The summed E-state index contributed by atoms with van der Waals surface area (Å²) in [6.07, 6.45) is 2.65. The number of aromatic nitrogens is 2. The van der Waals surface area contributed by atoms with E-state index in [-0.39, 0.29) is 23.4 Å². The molecule has 1 N–H and O–H groups in total. The lowest BCUT2D eigenvalue weighted by Crippen LogP contribution is -2.34. The lowest BCUT2D eigenvalue weighted by Gasteiger charge is -2.04. The third-order valence-electron chi connectivity index (χ3n) is 4.00. The van der Waals surface area contributed by atoms with Crippen molar-refractivity contribution in [2.75, 3.05) is 6.61 Å². The molecule has 0 spiro atoms. The highest BCUT2D eigenvalue weighted by Crippen LogP contribution is 2.21. The first-order valence-electron chi connectivity index (χ1n) is 8.14. The van der Waals surface area contributed by atoms with Crippen LogP contribution in [0.4, 0.5) is 0 Å². The van der Waals surface area contributed by atoms with E-state index in [1.165, 1.54) is 18.5 Å². The number of hydrogen-bond acceptors (Lipinski definition) is 7. The Morgan fingerprint density at radius 3 is 2.67 bits per heavy atom. The predicted molar refractivity (Wildman–Crippen MR) is 103 cm³/mol. The molecule has 0 atom stereocenters. The minimum atomic E-state index is -0.580. The molecule has 0 unspecified atom stereocenters. The van der Waals surface area contributed by atoms with Crippen molar-refractivity contribution in [3.8, 4) is 0 Å². The van der Waals surface area contributed by atoms with E-state index >= 15 is 0 Å². The van der Waals surface area contributed by atoms with E-state index in [1.807, 2.05) is 30.3 Å². The third kappa shape index (κ3) is 3.49. The molecular formula is C18H14N4O4S. The van der Waals surface area contributed by atoms with Crippen LogP contribution < -0.4 is 11.2 Å². The van der Waals surface area contributed by atoms with Gasteiger partial charge >= 0.3 is 11.7 Å². The summed E-state index contributed by atoms with van der Waals surface area (Å²) in [5, 5.41) is 0.277. The second-order valence-corrected chi connectivity index (χ2v) is 6.89. The lowest BCUT2D eigenvalue weighted by molar-refractivity contribution is 0.0492. The Balaban J connectivity index is 1.62. The third-order valence-corrected chi connectivity index (χ3v) is 5.03. The van der Waals surface area contributed by atoms with Gasteiger partial charge in [-0.3, -0.25) is 24.3 Å². The minimum absolute atomic E-state index is 0.0227. The molecule has 1 aliphatic rings. The zero-order valence-corrected chi connectivity index (χ0v) is 14.8. The number of nitrogens with zero attached hydrogens (tertiary/aromatic N) is 3. The Morgan fingerprint density at radius 1 is 1.19 bits per heavy atom. The standard InChI is InChI=1S/C18H14N4O4S/c23-16-12-8-13(17(24)26-10-14-19-6-7-20-14)27-15(12)21-18(25)22(16)9-11-4-2-1-3-5-11/h1-8,14H,9-10H2,(H,21,25). The molecule has 9 heteroatoms. The summed E-state index contributed by atoms with van der Waals surface area (Å²) in [5.74, 6) is -0.580. The zero-order chi connectivity index (χ0) is 18.8. The van der Waals surface area contributed by atoms with Crippen molar-refractivity contribution >= 4 is 40.0 Å². The number of aliphatic imine (C=N–C) groups is 2. The van der Waals surface area contributed by atoms with E-state index in [2.05, 4.69) is 15.0 Å². The minimum Gasteiger partial charge on any atom is -0.457 e. The van der Waals surface area contributed by atoms with Gasteiger partial charge in [0.15, 0.2) is 6.17 Å². The Kier molecular flexibility index (Phi) is 4.51. The van der Waals surface area contributed by atoms with E-state index in [0.717, 1.165) is 21.5 Å². The quantitative estimate of drug-likeness (QED) is 0.674. The van der Waals surface area contributed by atoms with Gasteiger partial charge in [0.05, 0.1) is 11.9 Å². The van der Waals surface area contributed by atoms with Crippen molar-refractivity contribution in [1.29, 1.82) is 0 Å². The van der Waals surface area contributed by atoms with E-state index in [4.69, 9.17) is 4.74 Å². The van der Waals surface area contributed by atoms with Crippen molar-refractivity contribution < 1.29 is 9.53 Å². The van der Waals surface area contributed by atoms with Crippen LogP contribution in [-0.2, 0) is 11.3 Å². The van der Waals surface area contributed by atoms with Gasteiger partial charge in [-0.25, -0.2) is 9.59 Å². The number of aromatic amines is 1. The maximum absolute atomic E-state index is 12.7. The van der Waals surface area contributed by atoms with Crippen LogP contribution in [0, 0.1) is 0 Å². The van der Waals surface area contributed by atoms with Crippen LogP contribution in [0.3, 0.4) is 0 Å². The number of benzene rings is 1. The molecule has 0 saturated heterocycles. The van der Waals surface area contributed by atoms with Gasteiger partial charge in [0.1, 0.15) is 16.3 Å². The average molecular weight is 382 g/mol. The molecule has 0 bridgehead atoms. The topological polar surface area (TPSA) is 106 Å². The Bertz CT molecular complexity index is 1160. The van der Waals surface area contributed by atoms with Crippen molar-refractivity contribution in [3.05, 3.63) is 67.7 Å². The lowest BCUT2D eigenvalue weighted by atomic mass is 10.2. The monoisotopic (exact) mass is 382 g/mol. The van der Waals surface area contributed by atoms with Crippen LogP contribution >= 0.6 is 11.3 Å². The summed E-state index contributed by atoms with van der Waals surface area (Å²) in [6.45, 7) is 0.174. The van der Waals surface area contributed by atoms with Crippen LogP contribution in [0.1, 0.15) is 15.2 Å². The number of carbonyl (C=O) groups excluding carboxylic acids is 1. The highest BCUT2D eigenvalue weighted by Gasteiger charge is 2.18. The van der Waals surface area contributed by atoms with Crippen molar-refractivity contribution in [2.45, 2.75) is 12.7 Å². The summed E-state index contributed by atoms with van der Waals surface area (Å²) in [5.41, 5.74) is -0.136. The van der Waals surface area contributed by atoms with Gasteiger partial charge < -0.3 is 4.74 Å². The molecule has 0 radical (unpaired) electrons. The van der Waals surface area contributed by atoms with E-state index in [0.29, 0.717) is 4.83 Å². The van der Waals surface area contributed by atoms with Crippen molar-refractivity contribution in [2.24, 2.45) is 9.98 Å². The molecule has 0 saturated carbocycles. The summed E-state index contributed by atoms with van der Waals surface area (Å²) >= 11 is 1.01. The highest BCUT2D eigenvalue weighted by molar-refractivity contribution is 7.20. The Hall–Kier alpha value is -3.33. The normalized spacial score (nSPS) is 13.5. The summed E-state index contributed by atoms with van der Waals surface area (Å²) < 4.78 is 6.29. The van der Waals surface area contributed by atoms with Crippen LogP contribution in [0.5, 0.6) is 0 Å². The molecule has 3 heterocycles. The largest absolute Gasteiger partial charge is 0.457 e. The fourth-order valence-corrected chi connectivity index (χ4v) is 3.61. The first-order chi connectivity index (χ1) is 13.1. The van der Waals surface area contributed by atoms with Gasteiger partial charge in [-0.1, -0.05) is 30.3 Å². The van der Waals surface area contributed by atoms with Gasteiger partial charge in [-0.15, -0.1) is 11.3 Å². The van der Waals surface area contributed by atoms with Gasteiger partial charge in [0, 0.05) is 12.4 Å². The molecule has 0 fully saturated rings. The molecule has 27 heavy (non-hydrogen) atoms. The molecule has 1 aromatic carbocycles. The first-order valence-corrected chi connectivity index (χ1v) is 8.96. The Morgan fingerprint density at radius 2 is 1.93 bits per heavy atom. The number of rotatable bonds is 5. The molecular weight excluding hydrogens is 368 g/mol. The zero-order valence-electron chi connectivity index (χ0n) is 14.0. The number of thiophene rings is 1. The average Bonchev–Trinajstić information content (AvgIpc) is 3.34. The maximum atomic E-state index is 12.7. The number of carbonyl (C=O) groups is 1. The summed E-state index contributed by atoms with van der Waals surface area (Å²) in [4.78, 5) is 48.5. The number of hydrogen-bond donors (Lipinski definition) is 1. The van der Waals surface area contributed by atoms with Gasteiger partial charge in [-0.05, 0) is 11.6 Å². The smallest absolute Gasteiger partial charge is 0.348 e. The number of esters is 1. The molecule has 1 aliphatic heterocycles. The van der Waals surface area contributed by atoms with Gasteiger partial charge in [0.25, 0.3) is 5.56 Å². The molecule has 4 rings (SSSR count). The van der Waals surface area contributed by atoms with E-state index in [9.17, 15) is 14.4 Å². The highest BCUT2D eigenvalue weighted by atomic mass is 32.1. The van der Waals surface area contributed by atoms with E-state index < -0.39 is 23.4 Å².